The molecule has 0 spiro atoms. The Kier molecular flexibility index (Phi) is 6.45. The highest BCUT2D eigenvalue weighted by Crippen LogP contribution is 2.34. The van der Waals surface area contributed by atoms with Crippen molar-refractivity contribution in [3.05, 3.63) is 41.3 Å². The van der Waals surface area contributed by atoms with Crippen LogP contribution in [0.4, 0.5) is 0 Å². The quantitative estimate of drug-likeness (QED) is 0.448. The summed E-state index contributed by atoms with van der Waals surface area (Å²) in [7, 11) is 3.87. The first-order valence-electron chi connectivity index (χ1n) is 11.7. The van der Waals surface area contributed by atoms with E-state index in [1.165, 1.54) is 0 Å². The lowest BCUT2D eigenvalue weighted by atomic mass is 10.1. The van der Waals surface area contributed by atoms with Crippen molar-refractivity contribution < 1.29 is 14.6 Å². The molecule has 0 amide bonds. The number of fused-ring (bicyclic) bond motifs is 4. The van der Waals surface area contributed by atoms with Crippen molar-refractivity contribution >= 4 is 23.1 Å². The minimum Gasteiger partial charge on any atom is -0.473 e. The Labute approximate surface area is 208 Å². The van der Waals surface area contributed by atoms with Crippen LogP contribution in [0.25, 0.3) is 34.2 Å². The number of benzene rings is 1. The van der Waals surface area contributed by atoms with Gasteiger partial charge in [0.2, 0.25) is 11.8 Å². The molecule has 0 aliphatic carbocycles. The van der Waals surface area contributed by atoms with E-state index < -0.39 is 0 Å². The number of hydrogen-bond donors (Lipinski definition) is 2. The van der Waals surface area contributed by atoms with Gasteiger partial charge in [0.05, 0.1) is 47.4 Å². The predicted molar refractivity (Wildman–Crippen MR) is 134 cm³/mol. The molecule has 1 aliphatic heterocycles. The average molecular weight is 489 g/mol. The van der Waals surface area contributed by atoms with Crippen LogP contribution in [0.3, 0.4) is 0 Å². The first kappa shape index (κ1) is 23.6. The number of ether oxygens (including phenoxy) is 2. The van der Waals surface area contributed by atoms with Crippen molar-refractivity contribution in [2.24, 2.45) is 7.05 Å². The molecule has 0 saturated heterocycles. The van der Waals surface area contributed by atoms with Crippen molar-refractivity contribution in [3.63, 3.8) is 0 Å². The number of aromatic nitrogens is 6. The van der Waals surface area contributed by atoms with E-state index in [9.17, 15) is 5.11 Å². The zero-order valence-corrected chi connectivity index (χ0v) is 20.5. The van der Waals surface area contributed by atoms with Gasteiger partial charge in [-0.3, -0.25) is 14.7 Å². The fourth-order valence-electron chi connectivity index (χ4n) is 4.55. The third-order valence-corrected chi connectivity index (χ3v) is 6.15. The first-order chi connectivity index (χ1) is 17.5. The van der Waals surface area contributed by atoms with Crippen LogP contribution in [-0.2, 0) is 20.1 Å². The summed E-state index contributed by atoms with van der Waals surface area (Å²) in [5.74, 6) is 1.05. The second-order valence-corrected chi connectivity index (χ2v) is 8.87. The minimum atomic E-state index is -0.134. The third kappa shape index (κ3) is 4.44. The number of H-pyrrole nitrogens is 1. The Morgan fingerprint density at radius 3 is 2.97 bits per heavy atom. The van der Waals surface area contributed by atoms with Gasteiger partial charge in [-0.15, -0.1) is 5.10 Å². The summed E-state index contributed by atoms with van der Waals surface area (Å²) in [6.07, 6.45) is 5.54. The molecule has 0 fully saturated rings. The molecule has 0 radical (unpaired) electrons. The van der Waals surface area contributed by atoms with Crippen LogP contribution in [0.1, 0.15) is 23.9 Å². The molecule has 0 saturated carbocycles. The summed E-state index contributed by atoms with van der Waals surface area (Å²) in [6.45, 7) is 3.29. The summed E-state index contributed by atoms with van der Waals surface area (Å²) in [4.78, 5) is 2.13. The lowest BCUT2D eigenvalue weighted by molar-refractivity contribution is 0.146. The van der Waals surface area contributed by atoms with E-state index in [2.05, 4.69) is 31.4 Å². The zero-order chi connectivity index (χ0) is 25.2. The van der Waals surface area contributed by atoms with Crippen LogP contribution in [0, 0.1) is 11.3 Å². The van der Waals surface area contributed by atoms with E-state index in [1.54, 1.807) is 9.36 Å². The van der Waals surface area contributed by atoms with E-state index in [1.807, 2.05) is 57.6 Å². The highest BCUT2D eigenvalue weighted by atomic mass is 16.5. The van der Waals surface area contributed by atoms with Gasteiger partial charge in [0.25, 0.3) is 0 Å². The number of aromatic amines is 1. The number of nitrogens with one attached hydrogen (secondary N) is 1. The molecular formula is C25H28N8O3. The molecule has 2 N–H and O–H groups in total. The second-order valence-electron chi connectivity index (χ2n) is 8.87. The van der Waals surface area contributed by atoms with Gasteiger partial charge in [0, 0.05) is 25.5 Å². The Hall–Kier alpha value is -4.14. The molecule has 0 unspecified atom stereocenters. The molecule has 2 bridgehead atoms. The fourth-order valence-corrected chi connectivity index (χ4v) is 4.55. The summed E-state index contributed by atoms with van der Waals surface area (Å²) in [5, 5.41) is 36.2. The van der Waals surface area contributed by atoms with Crippen molar-refractivity contribution in [1.82, 2.24) is 34.7 Å². The zero-order valence-electron chi connectivity index (χ0n) is 20.5. The molecule has 4 aromatic rings. The highest BCUT2D eigenvalue weighted by molar-refractivity contribution is 5.93. The minimum absolute atomic E-state index is 0.0734. The molecule has 186 valence electrons. The number of nitriles is 1. The van der Waals surface area contributed by atoms with Crippen LogP contribution in [0.15, 0.2) is 24.4 Å². The van der Waals surface area contributed by atoms with Gasteiger partial charge >= 0.3 is 0 Å². The summed E-state index contributed by atoms with van der Waals surface area (Å²) >= 11 is 0. The molecule has 11 heteroatoms. The van der Waals surface area contributed by atoms with Gasteiger partial charge in [-0.2, -0.15) is 15.5 Å². The maximum Gasteiger partial charge on any atom is 0.241 e. The van der Waals surface area contributed by atoms with Crippen molar-refractivity contribution in [2.45, 2.75) is 26.1 Å². The van der Waals surface area contributed by atoms with Crippen molar-refractivity contribution in [2.75, 3.05) is 26.8 Å². The number of aliphatic hydroxyl groups is 1. The smallest absolute Gasteiger partial charge is 0.241 e. The molecule has 4 heterocycles. The third-order valence-electron chi connectivity index (χ3n) is 6.15. The van der Waals surface area contributed by atoms with E-state index in [0.29, 0.717) is 31.4 Å². The van der Waals surface area contributed by atoms with Gasteiger partial charge in [-0.05, 0) is 43.8 Å². The normalized spacial score (nSPS) is 17.0. The number of aryl methyl sites for hydroxylation is 1. The number of aliphatic hydroxyl groups excluding tert-OH is 1. The molecule has 1 aromatic carbocycles. The Morgan fingerprint density at radius 2 is 2.17 bits per heavy atom. The van der Waals surface area contributed by atoms with E-state index >= 15 is 0 Å². The number of hydrogen-bond acceptors (Lipinski definition) is 8. The Bertz CT molecular complexity index is 1460. The lowest BCUT2D eigenvalue weighted by Crippen LogP contribution is -2.32. The van der Waals surface area contributed by atoms with Gasteiger partial charge in [-0.25, -0.2) is 4.68 Å². The largest absolute Gasteiger partial charge is 0.473 e. The predicted octanol–water partition coefficient (Wildman–Crippen LogP) is 2.44. The second kappa shape index (κ2) is 9.85. The average Bonchev–Trinajstić information content (AvgIpc) is 3.52. The van der Waals surface area contributed by atoms with Gasteiger partial charge in [0.15, 0.2) is 6.61 Å². The molecule has 1 atom stereocenters. The van der Waals surface area contributed by atoms with Crippen LogP contribution >= 0.6 is 0 Å². The van der Waals surface area contributed by atoms with Gasteiger partial charge in [-0.1, -0.05) is 6.07 Å². The highest BCUT2D eigenvalue weighted by Gasteiger charge is 2.22. The standard InChI is InChI=1S/C25H28N8O3/c1-16-14-31(2)15-23-18(24(35-11-8-26)30-33(23)9-10-34)5-7-22-19-12-17(4-6-21(19)28-29-22)20-13-27-32(3)25(20)36-16/h4-7,12-13,16,34H,9-11,14-15H2,1-3H3,(H,28,29)/b7-5+/t16-/m0/s1. The Morgan fingerprint density at radius 1 is 1.31 bits per heavy atom. The summed E-state index contributed by atoms with van der Waals surface area (Å²) in [5.41, 5.74) is 5.16. The Balaban J connectivity index is 1.68. The van der Waals surface area contributed by atoms with E-state index in [-0.39, 0.29) is 19.3 Å². The number of nitrogens with zero attached hydrogens (tertiary/aromatic N) is 7. The summed E-state index contributed by atoms with van der Waals surface area (Å²) < 4.78 is 15.5. The van der Waals surface area contributed by atoms with Gasteiger partial charge < -0.3 is 14.6 Å². The van der Waals surface area contributed by atoms with Crippen molar-refractivity contribution in [1.29, 1.82) is 5.26 Å². The molecule has 3 aromatic heterocycles. The summed E-state index contributed by atoms with van der Waals surface area (Å²) in [6, 6.07) is 8.06. The number of likely N-dealkylation sites (N-methyl/N-ethyl adjacent to an activating group) is 1. The molecule has 36 heavy (non-hydrogen) atoms. The van der Waals surface area contributed by atoms with Crippen LogP contribution in [-0.4, -0.2) is 72.7 Å². The maximum atomic E-state index is 9.65. The SMILES string of the molecule is C[C@H]1CN(C)Cc2c(c(OCC#N)nn2CCO)/C=C/c2[nH]nc3ccc(cc23)-c2cnn(C)c2O1. The lowest BCUT2D eigenvalue weighted by Gasteiger charge is -2.23. The monoisotopic (exact) mass is 488 g/mol. The van der Waals surface area contributed by atoms with Crippen LogP contribution < -0.4 is 9.47 Å². The maximum absolute atomic E-state index is 9.65. The molecule has 5 rings (SSSR count). The first-order valence-corrected chi connectivity index (χ1v) is 11.7. The van der Waals surface area contributed by atoms with Crippen molar-refractivity contribution in [3.8, 4) is 29.0 Å². The van der Waals surface area contributed by atoms with Crippen LogP contribution in [0.2, 0.25) is 0 Å². The number of rotatable bonds is 4. The van der Waals surface area contributed by atoms with E-state index in [0.717, 1.165) is 39.0 Å². The molecular weight excluding hydrogens is 460 g/mol. The molecule has 11 nitrogen and oxygen atoms in total. The topological polar surface area (TPSA) is 130 Å². The van der Waals surface area contributed by atoms with E-state index in [4.69, 9.17) is 14.7 Å². The molecule has 1 aliphatic rings. The van der Waals surface area contributed by atoms with Gasteiger partial charge in [0.1, 0.15) is 12.2 Å². The van der Waals surface area contributed by atoms with Crippen LogP contribution in [0.5, 0.6) is 11.8 Å². The fraction of sp³-hybridized carbons (Fsp3) is 0.360.